The second-order valence-corrected chi connectivity index (χ2v) is 6.48. The fourth-order valence-electron chi connectivity index (χ4n) is 1.85. The first-order valence-corrected chi connectivity index (χ1v) is 8.27. The zero-order chi connectivity index (χ0) is 15.3. The number of hydrogen-bond donors (Lipinski definition) is 1. The van der Waals surface area contributed by atoms with E-state index >= 15 is 0 Å². The highest BCUT2D eigenvalue weighted by Gasteiger charge is 2.13. The van der Waals surface area contributed by atoms with Gasteiger partial charge in [-0.15, -0.1) is 0 Å². The molecule has 0 aromatic heterocycles. The van der Waals surface area contributed by atoms with Gasteiger partial charge in [-0.1, -0.05) is 29.8 Å². The molecule has 1 N–H and O–H groups in total. The maximum atomic E-state index is 12.2. The van der Waals surface area contributed by atoms with Crippen molar-refractivity contribution >= 4 is 10.0 Å². The molecule has 5 heteroatoms. The quantitative estimate of drug-likeness (QED) is 0.893. The van der Waals surface area contributed by atoms with Crippen LogP contribution < -0.4 is 9.46 Å². The minimum atomic E-state index is -3.51. The van der Waals surface area contributed by atoms with Crippen LogP contribution in [0.25, 0.3) is 0 Å². The molecule has 2 aromatic rings. The molecule has 0 aliphatic rings. The number of rotatable bonds is 6. The molecule has 0 fully saturated rings. The van der Waals surface area contributed by atoms with Gasteiger partial charge in [-0.2, -0.15) is 0 Å². The molecule has 0 radical (unpaired) electrons. The minimum absolute atomic E-state index is 0.234. The number of aryl methyl sites for hydroxylation is 1. The topological polar surface area (TPSA) is 55.4 Å². The van der Waals surface area contributed by atoms with Crippen molar-refractivity contribution in [3.63, 3.8) is 0 Å². The van der Waals surface area contributed by atoms with E-state index in [9.17, 15) is 8.42 Å². The molecule has 0 bridgehead atoms. The van der Waals surface area contributed by atoms with Gasteiger partial charge in [0.15, 0.2) is 0 Å². The van der Waals surface area contributed by atoms with E-state index in [4.69, 9.17) is 4.74 Å². The molecule has 0 unspecified atom stereocenters. The van der Waals surface area contributed by atoms with Gasteiger partial charge in [0.1, 0.15) is 5.75 Å². The molecule has 0 heterocycles. The predicted molar refractivity (Wildman–Crippen MR) is 82.8 cm³/mol. The van der Waals surface area contributed by atoms with Crippen molar-refractivity contribution in [3.8, 4) is 5.75 Å². The van der Waals surface area contributed by atoms with Crippen LogP contribution in [0.3, 0.4) is 0 Å². The Morgan fingerprint density at radius 3 is 2.19 bits per heavy atom. The van der Waals surface area contributed by atoms with Gasteiger partial charge < -0.3 is 4.74 Å². The summed E-state index contributed by atoms with van der Waals surface area (Å²) in [6.45, 7) is 4.70. The third kappa shape index (κ3) is 4.31. The van der Waals surface area contributed by atoms with E-state index in [1.165, 1.54) is 0 Å². The second-order valence-electron chi connectivity index (χ2n) is 4.71. The Bertz CT molecular complexity index is 676. The molecule has 2 rings (SSSR count). The molecule has 2 aromatic carbocycles. The van der Waals surface area contributed by atoms with Gasteiger partial charge in [0.25, 0.3) is 0 Å². The zero-order valence-corrected chi connectivity index (χ0v) is 13.0. The minimum Gasteiger partial charge on any atom is -0.494 e. The van der Waals surface area contributed by atoms with E-state index < -0.39 is 10.0 Å². The third-order valence-corrected chi connectivity index (χ3v) is 4.45. The van der Waals surface area contributed by atoms with Crippen LogP contribution in [0.15, 0.2) is 53.4 Å². The van der Waals surface area contributed by atoms with Crippen molar-refractivity contribution in [1.82, 2.24) is 4.72 Å². The normalized spacial score (nSPS) is 11.3. The maximum Gasteiger partial charge on any atom is 0.240 e. The first kappa shape index (κ1) is 15.5. The van der Waals surface area contributed by atoms with E-state index in [0.717, 1.165) is 11.1 Å². The van der Waals surface area contributed by atoms with Crippen molar-refractivity contribution in [2.45, 2.75) is 25.3 Å². The average Bonchev–Trinajstić information content (AvgIpc) is 2.48. The van der Waals surface area contributed by atoms with Crippen LogP contribution in [-0.2, 0) is 16.6 Å². The molecule has 0 saturated heterocycles. The van der Waals surface area contributed by atoms with Gasteiger partial charge in [-0.05, 0) is 43.7 Å². The fraction of sp³-hybridized carbons (Fsp3) is 0.250. The van der Waals surface area contributed by atoms with E-state index in [1.54, 1.807) is 24.3 Å². The summed E-state index contributed by atoms with van der Waals surface area (Å²) in [6, 6.07) is 14.1. The number of nitrogens with one attached hydrogen (secondary N) is 1. The van der Waals surface area contributed by atoms with Gasteiger partial charge in [0, 0.05) is 6.54 Å². The van der Waals surface area contributed by atoms with Crippen LogP contribution >= 0.6 is 0 Å². The van der Waals surface area contributed by atoms with Crippen molar-refractivity contribution in [2.24, 2.45) is 0 Å². The number of benzene rings is 2. The molecule has 112 valence electrons. The molecule has 0 saturated carbocycles. The first-order chi connectivity index (χ1) is 10.0. The number of hydrogen-bond acceptors (Lipinski definition) is 3. The molecule has 0 aliphatic heterocycles. The molecule has 0 amide bonds. The van der Waals surface area contributed by atoms with E-state index in [2.05, 4.69) is 4.72 Å². The van der Waals surface area contributed by atoms with Crippen LogP contribution in [0.4, 0.5) is 0 Å². The lowest BCUT2D eigenvalue weighted by molar-refractivity contribution is 0.340. The van der Waals surface area contributed by atoms with E-state index in [1.807, 2.05) is 38.1 Å². The highest BCUT2D eigenvalue weighted by atomic mass is 32.2. The third-order valence-electron chi connectivity index (χ3n) is 3.03. The lowest BCUT2D eigenvalue weighted by atomic mass is 10.2. The maximum absolute atomic E-state index is 12.2. The molecular formula is C16H19NO3S. The number of ether oxygens (including phenoxy) is 1. The largest absolute Gasteiger partial charge is 0.494 e. The van der Waals surface area contributed by atoms with Crippen LogP contribution in [0.1, 0.15) is 18.1 Å². The monoisotopic (exact) mass is 305 g/mol. The predicted octanol–water partition coefficient (Wildman–Crippen LogP) is 2.87. The first-order valence-electron chi connectivity index (χ1n) is 6.79. The summed E-state index contributed by atoms with van der Waals surface area (Å²) in [5.41, 5.74) is 2.07. The second kappa shape index (κ2) is 6.74. The van der Waals surface area contributed by atoms with Crippen molar-refractivity contribution < 1.29 is 13.2 Å². The van der Waals surface area contributed by atoms with Gasteiger partial charge in [0.05, 0.1) is 11.5 Å². The molecule has 4 nitrogen and oxygen atoms in total. The molecule has 21 heavy (non-hydrogen) atoms. The molecular weight excluding hydrogens is 286 g/mol. The Labute approximate surface area is 125 Å². The lowest BCUT2D eigenvalue weighted by Gasteiger charge is -2.08. The lowest BCUT2D eigenvalue weighted by Crippen LogP contribution is -2.23. The summed E-state index contributed by atoms with van der Waals surface area (Å²) in [4.78, 5) is 0.234. The highest BCUT2D eigenvalue weighted by Crippen LogP contribution is 2.16. The van der Waals surface area contributed by atoms with Gasteiger partial charge in [-0.25, -0.2) is 13.1 Å². The molecule has 0 atom stereocenters. The Morgan fingerprint density at radius 1 is 1.00 bits per heavy atom. The van der Waals surface area contributed by atoms with E-state index in [-0.39, 0.29) is 11.4 Å². The smallest absolute Gasteiger partial charge is 0.240 e. The van der Waals surface area contributed by atoms with Crippen molar-refractivity contribution in [3.05, 3.63) is 59.7 Å². The summed E-state index contributed by atoms with van der Waals surface area (Å²) >= 11 is 0. The fourth-order valence-corrected chi connectivity index (χ4v) is 2.87. The van der Waals surface area contributed by atoms with Crippen molar-refractivity contribution in [1.29, 1.82) is 0 Å². The average molecular weight is 305 g/mol. The van der Waals surface area contributed by atoms with Crippen molar-refractivity contribution in [2.75, 3.05) is 6.61 Å². The summed E-state index contributed by atoms with van der Waals surface area (Å²) in [5, 5.41) is 0. The Kier molecular flexibility index (Phi) is 4.98. The van der Waals surface area contributed by atoms with Crippen LogP contribution in [0.5, 0.6) is 5.75 Å². The van der Waals surface area contributed by atoms with Gasteiger partial charge >= 0.3 is 0 Å². The van der Waals surface area contributed by atoms with Gasteiger partial charge in [-0.3, -0.25) is 0 Å². The van der Waals surface area contributed by atoms with Crippen LogP contribution in [0.2, 0.25) is 0 Å². The Morgan fingerprint density at radius 2 is 1.62 bits per heavy atom. The summed E-state index contributed by atoms with van der Waals surface area (Å²) in [5.74, 6) is 0.662. The standard InChI is InChI=1S/C16H19NO3S/c1-3-20-15-8-10-16(11-9-15)21(18,19)17-12-14-6-4-13(2)5-7-14/h4-11,17H,3,12H2,1-2H3. The van der Waals surface area contributed by atoms with Crippen LogP contribution in [0, 0.1) is 6.92 Å². The van der Waals surface area contributed by atoms with Gasteiger partial charge in [0.2, 0.25) is 10.0 Å². The summed E-state index contributed by atoms with van der Waals surface area (Å²) < 4.78 is 32.3. The SMILES string of the molecule is CCOc1ccc(S(=O)(=O)NCc2ccc(C)cc2)cc1. The molecule has 0 spiro atoms. The summed E-state index contributed by atoms with van der Waals surface area (Å²) in [6.07, 6.45) is 0. The molecule has 0 aliphatic carbocycles. The van der Waals surface area contributed by atoms with E-state index in [0.29, 0.717) is 12.4 Å². The van der Waals surface area contributed by atoms with Crippen LogP contribution in [-0.4, -0.2) is 15.0 Å². The zero-order valence-electron chi connectivity index (χ0n) is 12.2. The number of sulfonamides is 1. The summed E-state index contributed by atoms with van der Waals surface area (Å²) in [7, 11) is -3.51. The highest BCUT2D eigenvalue weighted by molar-refractivity contribution is 7.89. The Balaban J connectivity index is 2.05. The Hall–Kier alpha value is -1.85.